The maximum absolute atomic E-state index is 12.8. The SMILES string of the molecule is C=C1/C(=C\C=C2/CCC[C@]3(C)[C@@H]([C@H](C)CC[C@H](OC(=O)C(C)C)C4(c5nc(C)cs5)CC4)CC[C@@H]23)C[C@@H](O)C[C@@H]1O. The van der Waals surface area contributed by atoms with Crippen molar-refractivity contribution >= 4 is 17.3 Å². The molecule has 4 fully saturated rings. The molecule has 5 rings (SSSR count). The zero-order valence-corrected chi connectivity index (χ0v) is 26.6. The predicted molar refractivity (Wildman–Crippen MR) is 166 cm³/mol. The van der Waals surface area contributed by atoms with Crippen LogP contribution in [0, 0.1) is 36.0 Å². The average molecular weight is 582 g/mol. The smallest absolute Gasteiger partial charge is 0.308 e. The Bertz CT molecular complexity index is 1190. The number of aryl methyl sites for hydroxylation is 1. The molecule has 1 aromatic rings. The summed E-state index contributed by atoms with van der Waals surface area (Å²) in [5, 5.41) is 23.7. The highest BCUT2D eigenvalue weighted by atomic mass is 32.1. The molecular weight excluding hydrogens is 530 g/mol. The lowest BCUT2D eigenvalue weighted by Gasteiger charge is -2.44. The number of hydrogen-bond acceptors (Lipinski definition) is 6. The van der Waals surface area contributed by atoms with Crippen molar-refractivity contribution in [1.82, 2.24) is 4.98 Å². The molecule has 0 aromatic carbocycles. The molecule has 0 aliphatic heterocycles. The third-order valence-corrected chi connectivity index (χ3v) is 12.2. The fourth-order valence-corrected chi connectivity index (χ4v) is 9.51. The average Bonchev–Trinajstić information content (AvgIpc) is 3.47. The maximum atomic E-state index is 12.8. The Hall–Kier alpha value is -1.76. The number of aliphatic hydroxyl groups is 2. The van der Waals surface area contributed by atoms with Crippen LogP contribution in [0.15, 0.2) is 40.8 Å². The van der Waals surface area contributed by atoms with E-state index < -0.39 is 12.2 Å². The van der Waals surface area contributed by atoms with Gasteiger partial charge in [-0.3, -0.25) is 4.79 Å². The van der Waals surface area contributed by atoms with Crippen LogP contribution in [0.3, 0.4) is 0 Å². The van der Waals surface area contributed by atoms with Crippen molar-refractivity contribution in [2.75, 3.05) is 0 Å². The van der Waals surface area contributed by atoms with Gasteiger partial charge in [0.05, 0.1) is 23.5 Å². The molecule has 4 aliphatic carbocycles. The van der Waals surface area contributed by atoms with Crippen molar-refractivity contribution < 1.29 is 19.7 Å². The van der Waals surface area contributed by atoms with E-state index in [9.17, 15) is 15.0 Å². The van der Waals surface area contributed by atoms with E-state index in [1.54, 1.807) is 11.3 Å². The van der Waals surface area contributed by atoms with Crippen LogP contribution in [-0.4, -0.2) is 39.5 Å². The summed E-state index contributed by atoms with van der Waals surface area (Å²) in [7, 11) is 0. The standard InChI is InChI=1S/C35H51NO4S/c1-21(2)32(39)40-31(35(16-17-35)33-36-23(4)20-41-33)14-9-22(3)28-12-13-29-25(8-7-15-34(28,29)6)10-11-26-18-27(37)19-30(38)24(26)5/h10-11,20-22,27-31,37-38H,5,7-9,12-19H2,1-4,6H3/b25-10+,26-11-/t22-,27-,28-,29+,30+,31+,34-/m1/s1. The molecule has 6 heteroatoms. The minimum Gasteiger partial charge on any atom is -0.461 e. The summed E-state index contributed by atoms with van der Waals surface area (Å²) in [5.74, 6) is 1.57. The number of thiazole rings is 1. The summed E-state index contributed by atoms with van der Waals surface area (Å²) in [5.41, 5.74) is 4.52. The number of nitrogens with zero attached hydrogens (tertiary/aromatic N) is 1. The lowest BCUT2D eigenvalue weighted by molar-refractivity contribution is -0.155. The summed E-state index contributed by atoms with van der Waals surface area (Å²) in [6.07, 6.45) is 14.3. The van der Waals surface area contributed by atoms with Gasteiger partial charge in [-0.15, -0.1) is 11.3 Å². The van der Waals surface area contributed by atoms with Crippen molar-refractivity contribution in [2.24, 2.45) is 29.1 Å². The first-order valence-electron chi connectivity index (χ1n) is 16.0. The third-order valence-electron chi connectivity index (χ3n) is 11.1. The van der Waals surface area contributed by atoms with Gasteiger partial charge in [0.2, 0.25) is 0 Å². The quantitative estimate of drug-likeness (QED) is 0.294. The lowest BCUT2D eigenvalue weighted by atomic mass is 9.60. The maximum Gasteiger partial charge on any atom is 0.308 e. The third kappa shape index (κ3) is 6.17. The van der Waals surface area contributed by atoms with Gasteiger partial charge in [0.25, 0.3) is 0 Å². The van der Waals surface area contributed by atoms with Crippen LogP contribution in [0.2, 0.25) is 0 Å². The summed E-state index contributed by atoms with van der Waals surface area (Å²) in [6, 6.07) is 0. The number of esters is 1. The molecule has 0 saturated heterocycles. The first kappa shape index (κ1) is 30.7. The molecule has 0 amide bonds. The van der Waals surface area contributed by atoms with Crippen molar-refractivity contribution in [3.05, 3.63) is 51.5 Å². The molecule has 0 unspecified atom stereocenters. The van der Waals surface area contributed by atoms with Crippen LogP contribution >= 0.6 is 11.3 Å². The Balaban J connectivity index is 1.29. The van der Waals surface area contributed by atoms with E-state index in [2.05, 4.69) is 38.0 Å². The van der Waals surface area contributed by atoms with Crippen molar-refractivity contribution in [1.29, 1.82) is 0 Å². The largest absolute Gasteiger partial charge is 0.461 e. The molecule has 1 heterocycles. The molecule has 0 bridgehead atoms. The van der Waals surface area contributed by atoms with Crippen LogP contribution in [0.1, 0.15) is 109 Å². The van der Waals surface area contributed by atoms with Gasteiger partial charge in [-0.25, -0.2) is 4.98 Å². The number of aliphatic hydroxyl groups excluding tert-OH is 2. The van der Waals surface area contributed by atoms with Crippen LogP contribution in [0.5, 0.6) is 0 Å². The van der Waals surface area contributed by atoms with Crippen molar-refractivity contribution in [3.8, 4) is 0 Å². The van der Waals surface area contributed by atoms with E-state index in [1.165, 1.54) is 31.3 Å². The molecule has 5 nitrogen and oxygen atoms in total. The normalized spacial score (nSPS) is 34.6. The van der Waals surface area contributed by atoms with Gasteiger partial charge in [-0.05, 0) is 105 Å². The molecule has 4 saturated carbocycles. The monoisotopic (exact) mass is 581 g/mol. The van der Waals surface area contributed by atoms with Gasteiger partial charge in [-0.2, -0.15) is 0 Å². The molecule has 0 spiro atoms. The summed E-state index contributed by atoms with van der Waals surface area (Å²) < 4.78 is 6.25. The number of allylic oxidation sites excluding steroid dienone is 3. The number of carbonyl (C=O) groups excluding carboxylic acids is 1. The Kier molecular flexibility index (Phi) is 9.05. The van der Waals surface area contributed by atoms with Crippen molar-refractivity contribution in [3.63, 3.8) is 0 Å². The van der Waals surface area contributed by atoms with Crippen molar-refractivity contribution in [2.45, 2.75) is 129 Å². The van der Waals surface area contributed by atoms with Gasteiger partial charge >= 0.3 is 5.97 Å². The molecular formula is C35H51NO4S. The van der Waals surface area contributed by atoms with Gasteiger partial charge in [0, 0.05) is 17.5 Å². The van der Waals surface area contributed by atoms with Crippen LogP contribution < -0.4 is 0 Å². The Labute approximate surface area is 251 Å². The van der Waals surface area contributed by atoms with Gasteiger partial charge in [0.15, 0.2) is 0 Å². The summed E-state index contributed by atoms with van der Waals surface area (Å²) in [6.45, 7) is 15.0. The summed E-state index contributed by atoms with van der Waals surface area (Å²) >= 11 is 1.73. The second-order valence-electron chi connectivity index (χ2n) is 14.2. The van der Waals surface area contributed by atoms with E-state index in [0.717, 1.165) is 54.0 Å². The number of aromatic nitrogens is 1. The first-order chi connectivity index (χ1) is 19.4. The van der Waals surface area contributed by atoms with Crippen LogP contribution in [-0.2, 0) is 14.9 Å². The minimum absolute atomic E-state index is 0.0908. The van der Waals surface area contributed by atoms with E-state index in [1.807, 2.05) is 20.8 Å². The van der Waals surface area contributed by atoms with Gasteiger partial charge in [-0.1, -0.05) is 52.0 Å². The van der Waals surface area contributed by atoms with Gasteiger partial charge in [0.1, 0.15) is 11.1 Å². The topological polar surface area (TPSA) is 79.7 Å². The zero-order valence-electron chi connectivity index (χ0n) is 25.8. The highest BCUT2D eigenvalue weighted by Gasteiger charge is 2.56. The minimum atomic E-state index is -0.644. The van der Waals surface area contributed by atoms with Gasteiger partial charge < -0.3 is 14.9 Å². The molecule has 2 N–H and O–H groups in total. The fourth-order valence-electron chi connectivity index (χ4n) is 8.41. The molecule has 1 aromatic heterocycles. The van der Waals surface area contributed by atoms with Crippen LogP contribution in [0.25, 0.3) is 0 Å². The zero-order chi connectivity index (χ0) is 29.5. The number of carbonyl (C=O) groups is 1. The number of ether oxygens (including phenoxy) is 1. The first-order valence-corrected chi connectivity index (χ1v) is 16.9. The van der Waals surface area contributed by atoms with E-state index in [4.69, 9.17) is 9.72 Å². The number of fused-ring (bicyclic) bond motifs is 1. The summed E-state index contributed by atoms with van der Waals surface area (Å²) in [4.78, 5) is 17.6. The Morgan fingerprint density at radius 3 is 2.61 bits per heavy atom. The molecule has 41 heavy (non-hydrogen) atoms. The Morgan fingerprint density at radius 1 is 1.20 bits per heavy atom. The highest BCUT2D eigenvalue weighted by Crippen LogP contribution is 2.60. The molecule has 0 radical (unpaired) electrons. The number of hydrogen-bond donors (Lipinski definition) is 2. The van der Waals surface area contributed by atoms with E-state index >= 15 is 0 Å². The fraction of sp³-hybridized carbons (Fsp3) is 0.714. The second kappa shape index (κ2) is 12.1. The Morgan fingerprint density at radius 2 is 1.95 bits per heavy atom. The highest BCUT2D eigenvalue weighted by molar-refractivity contribution is 7.09. The molecule has 226 valence electrons. The molecule has 4 aliphatic rings. The predicted octanol–water partition coefficient (Wildman–Crippen LogP) is 7.61. The van der Waals surface area contributed by atoms with E-state index in [-0.39, 0.29) is 28.8 Å². The van der Waals surface area contributed by atoms with Crippen LogP contribution in [0.4, 0.5) is 0 Å². The lowest BCUT2D eigenvalue weighted by Crippen LogP contribution is -2.37. The van der Waals surface area contributed by atoms with E-state index in [0.29, 0.717) is 30.6 Å². The number of rotatable bonds is 9. The second-order valence-corrected chi connectivity index (χ2v) is 15.1. The molecule has 7 atom stereocenters.